The van der Waals surface area contributed by atoms with Crippen LogP contribution in [-0.4, -0.2) is 39.5 Å². The summed E-state index contributed by atoms with van der Waals surface area (Å²) in [6, 6.07) is 3.86. The maximum Gasteiger partial charge on any atom is 0.123 e. The minimum Gasteiger partial charge on any atom is -0.489 e. The van der Waals surface area contributed by atoms with E-state index in [4.69, 9.17) is 4.74 Å². The van der Waals surface area contributed by atoms with Gasteiger partial charge in [-0.05, 0) is 32.9 Å². The second kappa shape index (κ2) is 9.00. The molecule has 0 bridgehead atoms. The fourth-order valence-electron chi connectivity index (χ4n) is 2.38. The highest BCUT2D eigenvalue weighted by Crippen LogP contribution is 2.16. The first-order valence-corrected chi connectivity index (χ1v) is 7.81. The van der Waals surface area contributed by atoms with Gasteiger partial charge in [-0.2, -0.15) is 0 Å². The van der Waals surface area contributed by atoms with E-state index in [1.807, 2.05) is 25.1 Å². The zero-order valence-corrected chi connectivity index (χ0v) is 13.9. The minimum atomic E-state index is 0.0940. The number of allylic oxidation sites excluding steroid dienone is 1. The topological polar surface area (TPSA) is 51.1 Å². The average molecular weight is 312 g/mol. The maximum absolute atomic E-state index is 6.14. The van der Waals surface area contributed by atoms with E-state index in [1.165, 1.54) is 0 Å². The molecule has 0 aliphatic carbocycles. The van der Waals surface area contributed by atoms with Crippen LogP contribution in [0.25, 0.3) is 0 Å². The Bertz CT molecular complexity index is 603. The highest BCUT2D eigenvalue weighted by molar-refractivity contribution is 5.22. The zero-order chi connectivity index (χ0) is 16.5. The third kappa shape index (κ3) is 6.16. The SMILES string of the molecule is C=CCCC(CN(C)Cc1cnccn1)Oc1ccnc(C)c1. The number of rotatable bonds is 9. The predicted molar refractivity (Wildman–Crippen MR) is 91.2 cm³/mol. The largest absolute Gasteiger partial charge is 0.489 e. The number of hydrogen-bond acceptors (Lipinski definition) is 5. The van der Waals surface area contributed by atoms with Crippen molar-refractivity contribution >= 4 is 0 Å². The Balaban J connectivity index is 1.95. The summed E-state index contributed by atoms with van der Waals surface area (Å²) in [4.78, 5) is 14.8. The van der Waals surface area contributed by atoms with Gasteiger partial charge in [0.15, 0.2) is 0 Å². The molecular formula is C18H24N4O. The molecule has 2 rings (SSSR count). The highest BCUT2D eigenvalue weighted by Gasteiger charge is 2.14. The van der Waals surface area contributed by atoms with Crippen molar-refractivity contribution in [2.75, 3.05) is 13.6 Å². The normalized spacial score (nSPS) is 12.1. The molecule has 2 heterocycles. The van der Waals surface area contributed by atoms with Crippen molar-refractivity contribution in [2.45, 2.75) is 32.4 Å². The van der Waals surface area contributed by atoms with E-state index in [0.717, 1.165) is 43.1 Å². The van der Waals surface area contributed by atoms with Crippen LogP contribution in [0.15, 0.2) is 49.6 Å². The Morgan fingerprint density at radius 2 is 2.17 bits per heavy atom. The van der Waals surface area contributed by atoms with Crippen molar-refractivity contribution in [1.82, 2.24) is 19.9 Å². The molecule has 1 atom stereocenters. The van der Waals surface area contributed by atoms with Crippen LogP contribution in [0.5, 0.6) is 5.75 Å². The van der Waals surface area contributed by atoms with E-state index >= 15 is 0 Å². The van der Waals surface area contributed by atoms with Crippen LogP contribution in [-0.2, 0) is 6.54 Å². The van der Waals surface area contributed by atoms with Crippen LogP contribution < -0.4 is 4.74 Å². The molecule has 0 spiro atoms. The van der Waals surface area contributed by atoms with Crippen molar-refractivity contribution in [3.8, 4) is 5.75 Å². The summed E-state index contributed by atoms with van der Waals surface area (Å²) in [6.07, 6.45) is 10.8. The molecule has 2 aromatic heterocycles. The molecule has 2 aromatic rings. The average Bonchev–Trinajstić information content (AvgIpc) is 2.53. The lowest BCUT2D eigenvalue weighted by atomic mass is 10.2. The van der Waals surface area contributed by atoms with Crippen molar-refractivity contribution in [3.05, 3.63) is 61.0 Å². The molecule has 0 amide bonds. The van der Waals surface area contributed by atoms with Crippen LogP contribution >= 0.6 is 0 Å². The van der Waals surface area contributed by atoms with Crippen LogP contribution in [0.1, 0.15) is 24.2 Å². The molecule has 5 nitrogen and oxygen atoms in total. The number of pyridine rings is 1. The minimum absolute atomic E-state index is 0.0940. The molecular weight excluding hydrogens is 288 g/mol. The lowest BCUT2D eigenvalue weighted by molar-refractivity contribution is 0.136. The van der Waals surface area contributed by atoms with Gasteiger partial charge in [-0.25, -0.2) is 0 Å². The molecule has 0 aromatic carbocycles. The molecule has 0 fully saturated rings. The van der Waals surface area contributed by atoms with Gasteiger partial charge in [-0.1, -0.05) is 6.08 Å². The van der Waals surface area contributed by atoms with E-state index in [9.17, 15) is 0 Å². The van der Waals surface area contributed by atoms with Crippen molar-refractivity contribution in [3.63, 3.8) is 0 Å². The summed E-state index contributed by atoms with van der Waals surface area (Å²) in [5.41, 5.74) is 1.91. The molecule has 23 heavy (non-hydrogen) atoms. The van der Waals surface area contributed by atoms with Gasteiger partial charge in [0.25, 0.3) is 0 Å². The standard InChI is InChI=1S/C18H24N4O/c1-4-5-6-18(23-17-7-8-20-15(2)11-17)14-22(3)13-16-12-19-9-10-21-16/h4,7-12,18H,1,5-6,13-14H2,2-3H3. The summed E-state index contributed by atoms with van der Waals surface area (Å²) in [5, 5.41) is 0. The Hall–Kier alpha value is -2.27. The summed E-state index contributed by atoms with van der Waals surface area (Å²) in [7, 11) is 2.07. The first kappa shape index (κ1) is 17.1. The van der Waals surface area contributed by atoms with Crippen LogP contribution in [0.4, 0.5) is 0 Å². The summed E-state index contributed by atoms with van der Waals surface area (Å²) in [6.45, 7) is 7.33. The number of likely N-dealkylation sites (N-methyl/N-ethyl adjacent to an activating group) is 1. The third-order valence-electron chi connectivity index (χ3n) is 3.43. The van der Waals surface area contributed by atoms with E-state index in [2.05, 4.69) is 33.5 Å². The Morgan fingerprint density at radius 3 is 2.87 bits per heavy atom. The first-order valence-electron chi connectivity index (χ1n) is 7.81. The van der Waals surface area contributed by atoms with Gasteiger partial charge >= 0.3 is 0 Å². The maximum atomic E-state index is 6.14. The highest BCUT2D eigenvalue weighted by atomic mass is 16.5. The third-order valence-corrected chi connectivity index (χ3v) is 3.43. The lowest BCUT2D eigenvalue weighted by Crippen LogP contribution is -2.33. The fourth-order valence-corrected chi connectivity index (χ4v) is 2.38. The zero-order valence-electron chi connectivity index (χ0n) is 13.9. The van der Waals surface area contributed by atoms with E-state index in [-0.39, 0.29) is 6.10 Å². The molecule has 5 heteroatoms. The van der Waals surface area contributed by atoms with Gasteiger partial charge in [0.1, 0.15) is 11.9 Å². The van der Waals surface area contributed by atoms with Crippen molar-refractivity contribution < 1.29 is 4.74 Å². The molecule has 0 N–H and O–H groups in total. The summed E-state index contributed by atoms with van der Waals surface area (Å²) in [5.74, 6) is 0.861. The number of ether oxygens (including phenoxy) is 1. The quantitative estimate of drug-likeness (QED) is 0.666. The second-order valence-electron chi connectivity index (χ2n) is 5.63. The Labute approximate surface area is 138 Å². The fraction of sp³-hybridized carbons (Fsp3) is 0.389. The van der Waals surface area contributed by atoms with E-state index in [1.54, 1.807) is 24.8 Å². The molecule has 0 aliphatic rings. The molecule has 122 valence electrons. The molecule has 0 saturated carbocycles. The Kier molecular flexibility index (Phi) is 6.69. The van der Waals surface area contributed by atoms with E-state index < -0.39 is 0 Å². The summed E-state index contributed by atoms with van der Waals surface area (Å²) >= 11 is 0. The predicted octanol–water partition coefficient (Wildman–Crippen LogP) is 3.03. The number of nitrogens with zero attached hydrogens (tertiary/aromatic N) is 4. The van der Waals surface area contributed by atoms with Crippen LogP contribution in [0.3, 0.4) is 0 Å². The van der Waals surface area contributed by atoms with Gasteiger partial charge in [-0.3, -0.25) is 19.9 Å². The van der Waals surface area contributed by atoms with Gasteiger partial charge in [0, 0.05) is 49.6 Å². The first-order chi connectivity index (χ1) is 11.2. The monoisotopic (exact) mass is 312 g/mol. The van der Waals surface area contributed by atoms with Gasteiger partial charge in [0.05, 0.1) is 5.69 Å². The number of aromatic nitrogens is 3. The number of hydrogen-bond donors (Lipinski definition) is 0. The van der Waals surface area contributed by atoms with Crippen LogP contribution in [0.2, 0.25) is 0 Å². The van der Waals surface area contributed by atoms with Gasteiger partial charge in [-0.15, -0.1) is 6.58 Å². The molecule has 0 radical (unpaired) electrons. The Morgan fingerprint density at radius 1 is 1.30 bits per heavy atom. The number of aryl methyl sites for hydroxylation is 1. The van der Waals surface area contributed by atoms with Gasteiger partial charge < -0.3 is 4.74 Å². The smallest absolute Gasteiger partial charge is 0.123 e. The van der Waals surface area contributed by atoms with Crippen molar-refractivity contribution in [2.24, 2.45) is 0 Å². The van der Waals surface area contributed by atoms with Gasteiger partial charge in [0.2, 0.25) is 0 Å². The van der Waals surface area contributed by atoms with Crippen LogP contribution in [0, 0.1) is 6.92 Å². The van der Waals surface area contributed by atoms with E-state index in [0.29, 0.717) is 0 Å². The molecule has 0 aliphatic heterocycles. The summed E-state index contributed by atoms with van der Waals surface area (Å²) < 4.78 is 6.14. The molecule has 0 saturated heterocycles. The lowest BCUT2D eigenvalue weighted by Gasteiger charge is -2.24. The second-order valence-corrected chi connectivity index (χ2v) is 5.63. The molecule has 1 unspecified atom stereocenters. The van der Waals surface area contributed by atoms with Crippen molar-refractivity contribution in [1.29, 1.82) is 0 Å².